The average molecular weight is 248 g/mol. The Kier molecular flexibility index (Phi) is 3.18. The molecule has 6 heteroatoms. The Morgan fingerprint density at radius 1 is 1.33 bits per heavy atom. The van der Waals surface area contributed by atoms with Gasteiger partial charge in [0.1, 0.15) is 5.75 Å². The van der Waals surface area contributed by atoms with E-state index in [2.05, 4.69) is 5.10 Å². The molecule has 0 bridgehead atoms. The highest BCUT2D eigenvalue weighted by Crippen LogP contribution is 2.23. The number of nitrogens with zero attached hydrogens (tertiary/aromatic N) is 2. The van der Waals surface area contributed by atoms with E-state index in [0.717, 1.165) is 0 Å². The number of ether oxygens (including phenoxy) is 2. The Morgan fingerprint density at radius 2 is 2.11 bits per heavy atom. The summed E-state index contributed by atoms with van der Waals surface area (Å²) in [7, 11) is 2.94. The number of aromatic nitrogens is 2. The monoisotopic (exact) mass is 248 g/mol. The van der Waals surface area contributed by atoms with Gasteiger partial charge in [-0.15, -0.1) is 0 Å². The van der Waals surface area contributed by atoms with Gasteiger partial charge in [0.2, 0.25) is 0 Å². The van der Waals surface area contributed by atoms with Gasteiger partial charge in [-0.2, -0.15) is 5.10 Å². The maximum atomic E-state index is 11.2. The van der Waals surface area contributed by atoms with Crippen LogP contribution < -0.4 is 9.47 Å². The number of hydrogen-bond donors (Lipinski definition) is 1. The van der Waals surface area contributed by atoms with Gasteiger partial charge in [0.25, 0.3) is 0 Å². The predicted molar refractivity (Wildman–Crippen MR) is 63.6 cm³/mol. The molecule has 1 heterocycles. The summed E-state index contributed by atoms with van der Waals surface area (Å²) in [6.07, 6.45) is 1.36. The maximum absolute atomic E-state index is 11.2. The lowest BCUT2D eigenvalue weighted by Crippen LogP contribution is -2.09. The Morgan fingerprint density at radius 3 is 2.72 bits per heavy atom. The van der Waals surface area contributed by atoms with Gasteiger partial charge in [-0.3, -0.25) is 0 Å². The molecule has 2 rings (SSSR count). The smallest absolute Gasteiger partial charge is 0.358 e. The van der Waals surface area contributed by atoms with Crippen LogP contribution in [0.3, 0.4) is 0 Å². The van der Waals surface area contributed by atoms with Gasteiger partial charge in [-0.25, -0.2) is 9.48 Å². The predicted octanol–water partition coefficient (Wildman–Crippen LogP) is 1.59. The van der Waals surface area contributed by atoms with E-state index >= 15 is 0 Å². The van der Waals surface area contributed by atoms with Crippen molar-refractivity contribution < 1.29 is 19.4 Å². The molecule has 2 aromatic rings. The SMILES string of the molecule is COc1cccc(-n2ncc(OC)c2C(=O)O)c1. The summed E-state index contributed by atoms with van der Waals surface area (Å²) < 4.78 is 11.4. The van der Waals surface area contributed by atoms with Crippen molar-refractivity contribution in [1.29, 1.82) is 0 Å². The molecule has 0 fully saturated rings. The van der Waals surface area contributed by atoms with E-state index in [0.29, 0.717) is 11.4 Å². The summed E-state index contributed by atoms with van der Waals surface area (Å²) in [5.74, 6) is -0.268. The summed E-state index contributed by atoms with van der Waals surface area (Å²) >= 11 is 0. The molecule has 0 unspecified atom stereocenters. The zero-order valence-corrected chi connectivity index (χ0v) is 9.95. The summed E-state index contributed by atoms with van der Waals surface area (Å²) in [6.45, 7) is 0. The first-order valence-corrected chi connectivity index (χ1v) is 5.17. The number of rotatable bonds is 4. The minimum Gasteiger partial charge on any atom is -0.497 e. The fraction of sp³-hybridized carbons (Fsp3) is 0.167. The second-order valence-electron chi connectivity index (χ2n) is 3.48. The zero-order valence-electron chi connectivity index (χ0n) is 9.95. The number of hydrogen-bond acceptors (Lipinski definition) is 4. The van der Waals surface area contributed by atoms with Gasteiger partial charge in [0, 0.05) is 6.07 Å². The molecule has 1 N–H and O–H groups in total. The Hall–Kier alpha value is -2.50. The Labute approximate surface area is 103 Å². The highest BCUT2D eigenvalue weighted by atomic mass is 16.5. The van der Waals surface area contributed by atoms with Crippen LogP contribution in [0.4, 0.5) is 0 Å². The summed E-state index contributed by atoms with van der Waals surface area (Å²) in [5.41, 5.74) is 0.570. The molecule has 0 radical (unpaired) electrons. The number of methoxy groups -OCH3 is 2. The van der Waals surface area contributed by atoms with Crippen molar-refractivity contribution in [3.05, 3.63) is 36.2 Å². The van der Waals surface area contributed by atoms with Gasteiger partial charge >= 0.3 is 5.97 Å². The van der Waals surface area contributed by atoms with E-state index in [-0.39, 0.29) is 11.4 Å². The van der Waals surface area contributed by atoms with Gasteiger partial charge in [-0.05, 0) is 12.1 Å². The summed E-state index contributed by atoms with van der Waals surface area (Å²) in [4.78, 5) is 11.2. The van der Waals surface area contributed by atoms with Gasteiger partial charge < -0.3 is 14.6 Å². The van der Waals surface area contributed by atoms with E-state index < -0.39 is 5.97 Å². The molecule has 0 amide bonds. The zero-order chi connectivity index (χ0) is 13.1. The second kappa shape index (κ2) is 4.79. The molecule has 0 saturated carbocycles. The van der Waals surface area contributed by atoms with Crippen molar-refractivity contribution in [1.82, 2.24) is 9.78 Å². The molecule has 94 valence electrons. The number of carboxylic acids is 1. The number of carbonyl (C=O) groups is 1. The molecular weight excluding hydrogens is 236 g/mol. The van der Waals surface area contributed by atoms with Crippen molar-refractivity contribution in [2.45, 2.75) is 0 Å². The normalized spacial score (nSPS) is 10.1. The van der Waals surface area contributed by atoms with E-state index in [4.69, 9.17) is 9.47 Å². The molecule has 18 heavy (non-hydrogen) atoms. The first kappa shape index (κ1) is 12.0. The fourth-order valence-corrected chi connectivity index (χ4v) is 1.62. The topological polar surface area (TPSA) is 73.6 Å². The van der Waals surface area contributed by atoms with Crippen molar-refractivity contribution in [2.75, 3.05) is 14.2 Å². The number of aromatic carboxylic acids is 1. The van der Waals surface area contributed by atoms with Crippen LogP contribution in [-0.4, -0.2) is 35.1 Å². The van der Waals surface area contributed by atoms with Gasteiger partial charge in [-0.1, -0.05) is 6.07 Å². The first-order chi connectivity index (χ1) is 8.67. The van der Waals surface area contributed by atoms with Crippen LogP contribution in [0.15, 0.2) is 30.5 Å². The highest BCUT2D eigenvalue weighted by Gasteiger charge is 2.19. The minimum atomic E-state index is -1.10. The first-order valence-electron chi connectivity index (χ1n) is 5.17. The van der Waals surface area contributed by atoms with Crippen molar-refractivity contribution >= 4 is 5.97 Å². The van der Waals surface area contributed by atoms with Crippen LogP contribution in [0.2, 0.25) is 0 Å². The lowest BCUT2D eigenvalue weighted by atomic mass is 10.3. The van der Waals surface area contributed by atoms with Crippen LogP contribution in [0, 0.1) is 0 Å². The van der Waals surface area contributed by atoms with Gasteiger partial charge in [0.05, 0.1) is 26.1 Å². The molecule has 0 aliphatic rings. The molecule has 0 aliphatic heterocycles. The van der Waals surface area contributed by atoms with E-state index in [1.54, 1.807) is 31.4 Å². The molecule has 0 aliphatic carbocycles. The van der Waals surface area contributed by atoms with E-state index in [1.165, 1.54) is 18.0 Å². The lowest BCUT2D eigenvalue weighted by Gasteiger charge is -2.07. The maximum Gasteiger partial charge on any atom is 0.358 e. The van der Waals surface area contributed by atoms with Crippen LogP contribution in [0.25, 0.3) is 5.69 Å². The largest absolute Gasteiger partial charge is 0.497 e. The molecule has 1 aromatic carbocycles. The second-order valence-corrected chi connectivity index (χ2v) is 3.48. The molecule has 0 atom stereocenters. The average Bonchev–Trinajstić information content (AvgIpc) is 2.82. The van der Waals surface area contributed by atoms with Crippen LogP contribution >= 0.6 is 0 Å². The summed E-state index contributed by atoms with van der Waals surface area (Å²) in [6, 6.07) is 6.96. The molecule has 1 aromatic heterocycles. The van der Waals surface area contributed by atoms with E-state index in [1.807, 2.05) is 0 Å². The highest BCUT2D eigenvalue weighted by molar-refractivity contribution is 5.89. The van der Waals surface area contributed by atoms with Crippen molar-refractivity contribution in [3.8, 4) is 17.2 Å². The quantitative estimate of drug-likeness (QED) is 0.889. The molecular formula is C12H12N2O4. The van der Waals surface area contributed by atoms with Crippen LogP contribution in [0.1, 0.15) is 10.5 Å². The number of benzene rings is 1. The molecule has 0 saturated heterocycles. The minimum absolute atomic E-state index is 0.0225. The fourth-order valence-electron chi connectivity index (χ4n) is 1.62. The van der Waals surface area contributed by atoms with Gasteiger partial charge in [0.15, 0.2) is 11.4 Å². The Bertz CT molecular complexity index is 577. The lowest BCUT2D eigenvalue weighted by molar-refractivity contribution is 0.0683. The van der Waals surface area contributed by atoms with Crippen LogP contribution in [-0.2, 0) is 0 Å². The standard InChI is InChI=1S/C12H12N2O4/c1-17-9-5-3-4-8(6-9)14-11(12(15)16)10(18-2)7-13-14/h3-7H,1-2H3,(H,15,16). The third-order valence-corrected chi connectivity index (χ3v) is 2.46. The number of carboxylic acid groups (broad SMARTS) is 1. The van der Waals surface area contributed by atoms with E-state index in [9.17, 15) is 9.90 Å². The van der Waals surface area contributed by atoms with Crippen molar-refractivity contribution in [2.24, 2.45) is 0 Å². The molecule has 6 nitrogen and oxygen atoms in total. The third-order valence-electron chi connectivity index (χ3n) is 2.46. The van der Waals surface area contributed by atoms with Crippen molar-refractivity contribution in [3.63, 3.8) is 0 Å². The van der Waals surface area contributed by atoms with Crippen LogP contribution in [0.5, 0.6) is 11.5 Å². The summed E-state index contributed by atoms with van der Waals surface area (Å²) in [5, 5.41) is 13.2. The Balaban J connectivity index is 2.56. The third kappa shape index (κ3) is 2.00. The molecule has 0 spiro atoms.